The summed E-state index contributed by atoms with van der Waals surface area (Å²) < 4.78 is 2.12. The van der Waals surface area contributed by atoms with Gasteiger partial charge in [0.05, 0.1) is 0 Å². The fourth-order valence-corrected chi connectivity index (χ4v) is 5.06. The van der Waals surface area contributed by atoms with Crippen molar-refractivity contribution in [2.45, 2.75) is 25.9 Å². The summed E-state index contributed by atoms with van der Waals surface area (Å²) in [5.74, 6) is 0.169. The first kappa shape index (κ1) is 22.9. The number of aromatic nitrogens is 1. The van der Waals surface area contributed by atoms with Gasteiger partial charge in [-0.15, -0.1) is 0 Å². The lowest BCUT2D eigenvalue weighted by molar-refractivity contribution is -0.136. The first-order chi connectivity index (χ1) is 17.1. The topological polar surface area (TPSA) is 45.6 Å². The number of benzene rings is 3. The number of amides is 2. The van der Waals surface area contributed by atoms with E-state index in [1.54, 1.807) is 0 Å². The van der Waals surface area contributed by atoms with Crippen LogP contribution in [0.5, 0.6) is 0 Å². The molecule has 1 fully saturated rings. The van der Waals surface area contributed by atoms with Gasteiger partial charge in [0.25, 0.3) is 5.91 Å². The number of carbonyl (C=O) groups excluding carboxylic acids is 2. The molecule has 0 N–H and O–H groups in total. The predicted molar refractivity (Wildman–Crippen MR) is 139 cm³/mol. The van der Waals surface area contributed by atoms with Gasteiger partial charge < -0.3 is 14.4 Å². The van der Waals surface area contributed by atoms with Gasteiger partial charge >= 0.3 is 0 Å². The Morgan fingerprint density at radius 3 is 2.11 bits per heavy atom. The van der Waals surface area contributed by atoms with Gasteiger partial charge in [-0.25, -0.2) is 0 Å². The van der Waals surface area contributed by atoms with Crippen molar-refractivity contribution in [2.75, 3.05) is 20.1 Å². The van der Waals surface area contributed by atoms with Crippen molar-refractivity contribution in [3.05, 3.63) is 108 Å². The van der Waals surface area contributed by atoms with Crippen molar-refractivity contribution in [2.24, 2.45) is 5.92 Å². The molecule has 5 nitrogen and oxygen atoms in total. The Kier molecular flexibility index (Phi) is 6.66. The molecule has 1 aliphatic heterocycles. The lowest BCUT2D eigenvalue weighted by Crippen LogP contribution is -2.43. The van der Waals surface area contributed by atoms with E-state index in [4.69, 9.17) is 0 Å². The average molecular weight is 466 g/mol. The predicted octanol–water partition coefficient (Wildman–Crippen LogP) is 5.20. The van der Waals surface area contributed by atoms with E-state index < -0.39 is 0 Å². The third-order valence-electron chi connectivity index (χ3n) is 6.98. The zero-order valence-corrected chi connectivity index (χ0v) is 20.1. The molecule has 0 spiro atoms. The maximum atomic E-state index is 13.6. The summed E-state index contributed by atoms with van der Waals surface area (Å²) in [6, 6.07) is 30.4. The van der Waals surface area contributed by atoms with Crippen LogP contribution in [0.1, 0.15) is 34.5 Å². The van der Waals surface area contributed by atoms with Gasteiger partial charge in [0, 0.05) is 50.0 Å². The van der Waals surface area contributed by atoms with Crippen LogP contribution in [-0.2, 0) is 17.9 Å². The number of hydrogen-bond donors (Lipinski definition) is 0. The third-order valence-corrected chi connectivity index (χ3v) is 6.98. The molecule has 2 heterocycles. The minimum absolute atomic E-state index is 0.0389. The van der Waals surface area contributed by atoms with Crippen molar-refractivity contribution in [3.63, 3.8) is 0 Å². The van der Waals surface area contributed by atoms with E-state index in [9.17, 15) is 9.59 Å². The first-order valence-corrected chi connectivity index (χ1v) is 12.3. The van der Waals surface area contributed by atoms with E-state index in [1.807, 2.05) is 83.6 Å². The Labute approximate surface area is 206 Å². The summed E-state index contributed by atoms with van der Waals surface area (Å²) in [6.45, 7) is 2.45. The van der Waals surface area contributed by atoms with Crippen LogP contribution in [0.25, 0.3) is 10.9 Å². The van der Waals surface area contributed by atoms with Crippen molar-refractivity contribution in [1.82, 2.24) is 14.4 Å². The molecule has 0 bridgehead atoms. The fraction of sp³-hybridized carbons (Fsp3) is 0.267. The van der Waals surface area contributed by atoms with Crippen LogP contribution in [0.3, 0.4) is 0 Å². The van der Waals surface area contributed by atoms with Crippen molar-refractivity contribution < 1.29 is 9.59 Å². The Bertz CT molecular complexity index is 1310. The molecule has 35 heavy (non-hydrogen) atoms. The average Bonchev–Trinajstić information content (AvgIpc) is 3.27. The van der Waals surface area contributed by atoms with E-state index in [0.29, 0.717) is 44.7 Å². The lowest BCUT2D eigenvalue weighted by Gasteiger charge is -2.33. The molecule has 5 rings (SSSR count). The molecular formula is C30H31N3O2. The second kappa shape index (κ2) is 10.2. The molecule has 5 heteroatoms. The van der Waals surface area contributed by atoms with E-state index in [1.165, 1.54) is 0 Å². The van der Waals surface area contributed by atoms with Crippen LogP contribution in [0, 0.1) is 5.92 Å². The largest absolute Gasteiger partial charge is 0.341 e. The maximum absolute atomic E-state index is 13.6. The van der Waals surface area contributed by atoms with Crippen molar-refractivity contribution in [1.29, 1.82) is 0 Å². The van der Waals surface area contributed by atoms with Crippen LogP contribution in [0.2, 0.25) is 0 Å². The minimum Gasteiger partial charge on any atom is -0.341 e. The molecule has 1 saturated heterocycles. The first-order valence-electron chi connectivity index (χ1n) is 12.3. The summed E-state index contributed by atoms with van der Waals surface area (Å²) >= 11 is 0. The Hall–Kier alpha value is -3.86. The third kappa shape index (κ3) is 4.99. The quantitative estimate of drug-likeness (QED) is 0.393. The number of nitrogens with zero attached hydrogens (tertiary/aromatic N) is 3. The van der Waals surface area contributed by atoms with Gasteiger partial charge in [-0.2, -0.15) is 0 Å². The summed E-state index contributed by atoms with van der Waals surface area (Å²) in [4.78, 5) is 30.4. The number of carbonyl (C=O) groups is 2. The second-order valence-corrected chi connectivity index (χ2v) is 9.41. The molecule has 0 aliphatic carbocycles. The van der Waals surface area contributed by atoms with Crippen molar-refractivity contribution >= 4 is 22.7 Å². The normalized spacial score (nSPS) is 14.3. The second-order valence-electron chi connectivity index (χ2n) is 9.41. The number of hydrogen-bond acceptors (Lipinski definition) is 2. The Balaban J connectivity index is 1.28. The SMILES string of the molecule is CN(Cc1ccccc1)C(=O)C1CCN(C(=O)c2cc3ccccc3n2Cc2ccccc2)CC1. The highest BCUT2D eigenvalue weighted by Crippen LogP contribution is 2.26. The monoisotopic (exact) mass is 465 g/mol. The molecule has 0 atom stereocenters. The Morgan fingerprint density at radius 2 is 1.43 bits per heavy atom. The molecule has 4 aromatic rings. The van der Waals surface area contributed by atoms with Gasteiger partial charge in [-0.3, -0.25) is 9.59 Å². The molecule has 2 amide bonds. The molecule has 3 aromatic carbocycles. The summed E-state index contributed by atoms with van der Waals surface area (Å²) in [6.07, 6.45) is 1.39. The highest BCUT2D eigenvalue weighted by atomic mass is 16.2. The fourth-order valence-electron chi connectivity index (χ4n) is 5.06. The summed E-state index contributed by atoms with van der Waals surface area (Å²) in [7, 11) is 1.87. The van der Waals surface area contributed by atoms with E-state index in [2.05, 4.69) is 28.8 Å². The minimum atomic E-state index is -0.0389. The molecule has 1 aromatic heterocycles. The van der Waals surface area contributed by atoms with Gasteiger partial charge in [0.1, 0.15) is 5.69 Å². The smallest absolute Gasteiger partial charge is 0.270 e. The van der Waals surface area contributed by atoms with E-state index in [0.717, 1.165) is 22.0 Å². The molecule has 178 valence electrons. The van der Waals surface area contributed by atoms with Crippen LogP contribution in [0.4, 0.5) is 0 Å². The lowest BCUT2D eigenvalue weighted by atomic mass is 9.95. The molecule has 1 aliphatic rings. The van der Waals surface area contributed by atoms with Crippen LogP contribution in [-0.4, -0.2) is 46.3 Å². The van der Waals surface area contributed by atoms with Crippen LogP contribution in [0.15, 0.2) is 91.0 Å². The molecule has 0 saturated carbocycles. The molecular weight excluding hydrogens is 434 g/mol. The molecule has 0 radical (unpaired) electrons. The van der Waals surface area contributed by atoms with E-state index in [-0.39, 0.29) is 17.7 Å². The van der Waals surface area contributed by atoms with Gasteiger partial charge in [0.2, 0.25) is 5.91 Å². The van der Waals surface area contributed by atoms with Crippen molar-refractivity contribution in [3.8, 4) is 0 Å². The zero-order chi connectivity index (χ0) is 24.2. The maximum Gasteiger partial charge on any atom is 0.270 e. The van der Waals surface area contributed by atoms with Gasteiger partial charge in [0.15, 0.2) is 0 Å². The number of rotatable bonds is 6. The summed E-state index contributed by atoms with van der Waals surface area (Å²) in [5, 5.41) is 1.07. The molecule has 0 unspecified atom stereocenters. The van der Waals surface area contributed by atoms with Gasteiger partial charge in [-0.1, -0.05) is 78.9 Å². The number of fused-ring (bicyclic) bond motifs is 1. The number of para-hydroxylation sites is 1. The highest BCUT2D eigenvalue weighted by molar-refractivity contribution is 5.99. The number of likely N-dealkylation sites (tertiary alicyclic amines) is 1. The highest BCUT2D eigenvalue weighted by Gasteiger charge is 2.30. The standard InChI is InChI=1S/C30H31N3O2/c1-31(21-23-10-4-2-5-11-23)29(34)25-16-18-32(19-17-25)30(35)28-20-26-14-8-9-15-27(26)33(28)22-24-12-6-3-7-13-24/h2-15,20,25H,16-19,21-22H2,1H3. The zero-order valence-electron chi connectivity index (χ0n) is 20.1. The Morgan fingerprint density at radius 1 is 0.829 bits per heavy atom. The van der Waals surface area contributed by atoms with E-state index >= 15 is 0 Å². The van der Waals surface area contributed by atoms with Gasteiger partial charge in [-0.05, 0) is 36.1 Å². The number of piperidine rings is 1. The van der Waals surface area contributed by atoms with Crippen LogP contribution < -0.4 is 0 Å². The summed E-state index contributed by atoms with van der Waals surface area (Å²) in [5.41, 5.74) is 4.06. The van der Waals surface area contributed by atoms with Crippen LogP contribution >= 0.6 is 0 Å².